The second-order valence-corrected chi connectivity index (χ2v) is 8.87. The predicted octanol–water partition coefficient (Wildman–Crippen LogP) is 5.79. The van der Waals surface area contributed by atoms with Gasteiger partial charge in [-0.25, -0.2) is 9.37 Å². The molecule has 0 amide bonds. The molecule has 156 valence electrons. The van der Waals surface area contributed by atoms with Gasteiger partial charge in [-0.15, -0.1) is 11.8 Å². The van der Waals surface area contributed by atoms with Gasteiger partial charge in [-0.3, -0.25) is 0 Å². The second kappa shape index (κ2) is 10.4. The Kier molecular flexibility index (Phi) is 7.95. The van der Waals surface area contributed by atoms with Crippen molar-refractivity contribution in [3.63, 3.8) is 0 Å². The van der Waals surface area contributed by atoms with E-state index < -0.39 is 5.79 Å². The largest absolute Gasteiger partial charge is 0.345 e. The van der Waals surface area contributed by atoms with Gasteiger partial charge in [0.05, 0.1) is 31.4 Å². The summed E-state index contributed by atoms with van der Waals surface area (Å²) >= 11 is 7.64. The Hall–Kier alpha value is -1.60. The van der Waals surface area contributed by atoms with E-state index in [2.05, 4.69) is 4.98 Å². The van der Waals surface area contributed by atoms with E-state index in [4.69, 9.17) is 21.1 Å². The van der Waals surface area contributed by atoms with E-state index in [9.17, 15) is 4.39 Å². The standard InChI is InChI=1S/C22H26ClFN2O2S/c1-17(24)3-4-18(2)29-14-21-13-27-22(28-21,15-26-12-11-25-16-26)10-9-19-5-7-20(23)8-6-19/h3-8,11-12,16,21H,9-10,13-15H2,1-2H3/t21-,22+/m0/s1. The minimum Gasteiger partial charge on any atom is -0.345 e. The highest BCUT2D eigenvalue weighted by Crippen LogP contribution is 2.33. The summed E-state index contributed by atoms with van der Waals surface area (Å²) in [5, 5.41) is 0.730. The maximum Gasteiger partial charge on any atom is 0.187 e. The van der Waals surface area contributed by atoms with Gasteiger partial charge in [0, 0.05) is 29.6 Å². The van der Waals surface area contributed by atoms with Crippen LogP contribution in [0.1, 0.15) is 25.8 Å². The molecule has 0 radical (unpaired) electrons. The molecule has 0 saturated carbocycles. The molecule has 1 aliphatic rings. The fourth-order valence-corrected chi connectivity index (χ4v) is 4.04. The minimum absolute atomic E-state index is 0.0208. The molecule has 2 aromatic rings. The molecule has 0 N–H and O–H groups in total. The van der Waals surface area contributed by atoms with Crippen molar-refractivity contribution in [3.05, 3.63) is 76.5 Å². The van der Waals surface area contributed by atoms with Gasteiger partial charge in [-0.2, -0.15) is 0 Å². The van der Waals surface area contributed by atoms with Crippen LogP contribution in [-0.2, 0) is 22.4 Å². The lowest BCUT2D eigenvalue weighted by Gasteiger charge is -2.28. The number of halogens is 2. The zero-order valence-electron chi connectivity index (χ0n) is 16.7. The van der Waals surface area contributed by atoms with Crippen molar-refractivity contribution in [1.82, 2.24) is 9.55 Å². The molecule has 3 rings (SSSR count). The molecule has 1 saturated heterocycles. The Morgan fingerprint density at radius 3 is 2.83 bits per heavy atom. The van der Waals surface area contributed by atoms with Crippen LogP contribution >= 0.6 is 23.4 Å². The van der Waals surface area contributed by atoms with Gasteiger partial charge in [0.15, 0.2) is 5.79 Å². The van der Waals surface area contributed by atoms with E-state index in [1.54, 1.807) is 30.4 Å². The highest BCUT2D eigenvalue weighted by Gasteiger charge is 2.41. The third-order valence-corrected chi connectivity index (χ3v) is 6.03. The molecule has 29 heavy (non-hydrogen) atoms. The lowest BCUT2D eigenvalue weighted by atomic mass is 10.0. The molecular formula is C22H26ClFN2O2S. The SMILES string of the molecule is CC(F)=CC=C(C)SC[C@@H]1CO[C@@](CCc2ccc(Cl)cc2)(Cn2ccnc2)O1. The minimum atomic E-state index is -0.696. The first-order chi connectivity index (χ1) is 13.9. The van der Waals surface area contributed by atoms with Crippen molar-refractivity contribution in [3.8, 4) is 0 Å². The molecule has 4 nitrogen and oxygen atoms in total. The number of aryl methyl sites for hydroxylation is 1. The summed E-state index contributed by atoms with van der Waals surface area (Å²) in [6.07, 6.45) is 10.2. The topological polar surface area (TPSA) is 36.3 Å². The van der Waals surface area contributed by atoms with Crippen LogP contribution in [0, 0.1) is 0 Å². The fourth-order valence-electron chi connectivity index (χ4n) is 3.14. The average Bonchev–Trinajstić information content (AvgIpc) is 3.35. The average molecular weight is 437 g/mol. The zero-order valence-corrected chi connectivity index (χ0v) is 18.3. The number of hydrogen-bond donors (Lipinski definition) is 0. The van der Waals surface area contributed by atoms with Crippen molar-refractivity contribution >= 4 is 23.4 Å². The molecule has 0 unspecified atom stereocenters. The second-order valence-electron chi connectivity index (χ2n) is 7.16. The first-order valence-corrected chi connectivity index (χ1v) is 11.0. The third kappa shape index (κ3) is 7.00. The Labute approximate surface area is 180 Å². The lowest BCUT2D eigenvalue weighted by molar-refractivity contribution is -0.180. The van der Waals surface area contributed by atoms with Gasteiger partial charge >= 0.3 is 0 Å². The first kappa shape index (κ1) is 22.1. The van der Waals surface area contributed by atoms with E-state index >= 15 is 0 Å². The third-order valence-electron chi connectivity index (χ3n) is 4.65. The van der Waals surface area contributed by atoms with Crippen LogP contribution < -0.4 is 0 Å². The van der Waals surface area contributed by atoms with Gasteiger partial charge in [-0.1, -0.05) is 29.8 Å². The number of ether oxygens (including phenoxy) is 2. The van der Waals surface area contributed by atoms with E-state index in [1.807, 2.05) is 42.0 Å². The highest BCUT2D eigenvalue weighted by atomic mass is 35.5. The molecule has 1 aliphatic heterocycles. The molecule has 2 heterocycles. The number of nitrogens with zero attached hydrogens (tertiary/aromatic N) is 2. The summed E-state index contributed by atoms with van der Waals surface area (Å²) in [5.41, 5.74) is 1.19. The van der Waals surface area contributed by atoms with E-state index in [0.717, 1.165) is 28.5 Å². The van der Waals surface area contributed by atoms with Crippen molar-refractivity contribution in [2.24, 2.45) is 0 Å². The summed E-state index contributed by atoms with van der Waals surface area (Å²) in [4.78, 5) is 5.17. The Morgan fingerprint density at radius 2 is 2.14 bits per heavy atom. The van der Waals surface area contributed by atoms with Crippen LogP contribution in [0.4, 0.5) is 4.39 Å². The summed E-state index contributed by atoms with van der Waals surface area (Å²) in [5.74, 6) is -0.140. The maximum atomic E-state index is 12.9. The van der Waals surface area contributed by atoms with Crippen molar-refractivity contribution < 1.29 is 13.9 Å². The van der Waals surface area contributed by atoms with Crippen LogP contribution in [-0.4, -0.2) is 33.8 Å². The maximum absolute atomic E-state index is 12.9. The van der Waals surface area contributed by atoms with Gasteiger partial charge in [-0.05, 0) is 48.9 Å². The van der Waals surface area contributed by atoms with Crippen LogP contribution in [0.5, 0.6) is 0 Å². The molecule has 1 aromatic heterocycles. The number of aromatic nitrogens is 2. The molecule has 0 bridgehead atoms. The smallest absolute Gasteiger partial charge is 0.187 e. The number of allylic oxidation sites excluding steroid dienone is 4. The number of benzene rings is 1. The van der Waals surface area contributed by atoms with E-state index in [0.29, 0.717) is 13.2 Å². The number of hydrogen-bond acceptors (Lipinski definition) is 4. The number of rotatable bonds is 9. The van der Waals surface area contributed by atoms with E-state index in [1.165, 1.54) is 18.6 Å². The molecular weight excluding hydrogens is 411 g/mol. The summed E-state index contributed by atoms with van der Waals surface area (Å²) < 4.78 is 27.5. The Bertz CT molecular complexity index is 835. The normalized spacial score (nSPS) is 23.0. The summed E-state index contributed by atoms with van der Waals surface area (Å²) in [6, 6.07) is 7.87. The Balaban J connectivity index is 1.62. The number of thioether (sulfide) groups is 1. The lowest BCUT2D eigenvalue weighted by Crippen LogP contribution is -2.37. The molecule has 2 atom stereocenters. The predicted molar refractivity (Wildman–Crippen MR) is 117 cm³/mol. The van der Waals surface area contributed by atoms with Crippen LogP contribution in [0.3, 0.4) is 0 Å². The molecule has 0 spiro atoms. The monoisotopic (exact) mass is 436 g/mol. The highest BCUT2D eigenvalue weighted by molar-refractivity contribution is 8.03. The van der Waals surface area contributed by atoms with Crippen LogP contribution in [0.15, 0.2) is 65.9 Å². The summed E-state index contributed by atoms with van der Waals surface area (Å²) in [7, 11) is 0. The quantitative estimate of drug-likeness (QED) is 0.466. The molecule has 1 aromatic carbocycles. The molecule has 7 heteroatoms. The molecule has 0 aliphatic carbocycles. The first-order valence-electron chi connectivity index (χ1n) is 9.59. The Morgan fingerprint density at radius 1 is 1.34 bits per heavy atom. The van der Waals surface area contributed by atoms with Crippen molar-refractivity contribution in [2.75, 3.05) is 12.4 Å². The van der Waals surface area contributed by atoms with Gasteiger partial charge < -0.3 is 14.0 Å². The van der Waals surface area contributed by atoms with Crippen LogP contribution in [0.2, 0.25) is 5.02 Å². The van der Waals surface area contributed by atoms with Gasteiger partial charge in [0.1, 0.15) is 0 Å². The van der Waals surface area contributed by atoms with E-state index in [-0.39, 0.29) is 11.9 Å². The summed E-state index contributed by atoms with van der Waals surface area (Å²) in [6.45, 7) is 4.53. The van der Waals surface area contributed by atoms with Crippen molar-refractivity contribution in [1.29, 1.82) is 0 Å². The van der Waals surface area contributed by atoms with Gasteiger partial charge in [0.2, 0.25) is 0 Å². The van der Waals surface area contributed by atoms with Crippen molar-refractivity contribution in [2.45, 2.75) is 45.1 Å². The number of imidazole rings is 1. The van der Waals surface area contributed by atoms with Crippen LogP contribution in [0.25, 0.3) is 0 Å². The fraction of sp³-hybridized carbons (Fsp3) is 0.409. The molecule has 1 fully saturated rings. The van der Waals surface area contributed by atoms with Gasteiger partial charge in [0.25, 0.3) is 0 Å². The zero-order chi connectivity index (χ0) is 20.7.